The van der Waals surface area contributed by atoms with Gasteiger partial charge < -0.3 is 5.73 Å². The molecule has 0 saturated heterocycles. The molecule has 16 heavy (non-hydrogen) atoms. The Morgan fingerprint density at radius 3 is 2.50 bits per heavy atom. The predicted molar refractivity (Wildman–Crippen MR) is 49.5 cm³/mol. The third kappa shape index (κ3) is 2.91. The van der Waals surface area contributed by atoms with Crippen molar-refractivity contribution in [1.82, 2.24) is 9.97 Å². The maximum atomic E-state index is 12.3. The van der Waals surface area contributed by atoms with E-state index in [1.165, 1.54) is 12.4 Å². The van der Waals surface area contributed by atoms with Gasteiger partial charge in [-0.05, 0) is 0 Å². The van der Waals surface area contributed by atoms with Gasteiger partial charge in [0, 0.05) is 18.8 Å². The van der Waals surface area contributed by atoms with Crippen molar-refractivity contribution < 1.29 is 18.0 Å². The van der Waals surface area contributed by atoms with Crippen molar-refractivity contribution in [2.45, 2.75) is 19.5 Å². The van der Waals surface area contributed by atoms with E-state index in [-0.39, 0.29) is 11.4 Å². The van der Waals surface area contributed by atoms with E-state index < -0.39 is 24.4 Å². The largest absolute Gasteiger partial charge is 0.391 e. The van der Waals surface area contributed by atoms with Crippen LogP contribution in [0.1, 0.15) is 23.1 Å². The number of nitrogens with two attached hydrogens (primary N) is 1. The second kappa shape index (κ2) is 4.46. The monoisotopic (exact) mass is 233 g/mol. The van der Waals surface area contributed by atoms with Crippen molar-refractivity contribution in [3.05, 3.63) is 23.8 Å². The quantitative estimate of drug-likeness (QED) is 0.855. The molecule has 4 nitrogen and oxygen atoms in total. The standard InChI is InChI=1S/C9H10F3N3O/c1-5(9(10,11)12)4-6-7(8(13)16)15-3-2-14-6/h2-3,5H,4H2,1H3,(H2,13,16). The molecule has 1 atom stereocenters. The fourth-order valence-electron chi connectivity index (χ4n) is 1.13. The van der Waals surface area contributed by atoms with E-state index in [9.17, 15) is 18.0 Å². The molecule has 0 aliphatic carbocycles. The summed E-state index contributed by atoms with van der Waals surface area (Å²) in [4.78, 5) is 18.2. The van der Waals surface area contributed by atoms with Crippen molar-refractivity contribution >= 4 is 5.91 Å². The molecule has 0 spiro atoms. The highest BCUT2D eigenvalue weighted by Gasteiger charge is 2.36. The zero-order chi connectivity index (χ0) is 12.3. The van der Waals surface area contributed by atoms with Gasteiger partial charge in [0.15, 0.2) is 0 Å². The SMILES string of the molecule is CC(Cc1nccnc1C(N)=O)C(F)(F)F. The van der Waals surface area contributed by atoms with Gasteiger partial charge >= 0.3 is 6.18 Å². The van der Waals surface area contributed by atoms with E-state index in [1.54, 1.807) is 0 Å². The number of amides is 1. The summed E-state index contributed by atoms with van der Waals surface area (Å²) in [5.41, 5.74) is 4.74. The van der Waals surface area contributed by atoms with Crippen LogP contribution in [0.25, 0.3) is 0 Å². The fraction of sp³-hybridized carbons (Fsp3) is 0.444. The molecule has 88 valence electrons. The van der Waals surface area contributed by atoms with Gasteiger partial charge in [-0.25, -0.2) is 4.98 Å². The normalized spacial score (nSPS) is 13.5. The van der Waals surface area contributed by atoms with Gasteiger partial charge in [-0.1, -0.05) is 6.92 Å². The predicted octanol–water partition coefficient (Wildman–Crippen LogP) is 1.32. The zero-order valence-electron chi connectivity index (χ0n) is 8.45. The summed E-state index contributed by atoms with van der Waals surface area (Å²) < 4.78 is 36.9. The molecular formula is C9H10F3N3O. The molecule has 1 amide bonds. The number of aromatic nitrogens is 2. The molecule has 1 rings (SSSR count). The van der Waals surface area contributed by atoms with Gasteiger partial charge in [0.25, 0.3) is 5.91 Å². The number of hydrogen-bond donors (Lipinski definition) is 1. The number of halogens is 3. The van der Waals surface area contributed by atoms with Crippen LogP contribution in [-0.2, 0) is 6.42 Å². The first-order chi connectivity index (χ1) is 7.32. The number of carbonyl (C=O) groups is 1. The molecule has 0 bridgehead atoms. The third-order valence-corrected chi connectivity index (χ3v) is 2.07. The van der Waals surface area contributed by atoms with Gasteiger partial charge in [-0.3, -0.25) is 9.78 Å². The summed E-state index contributed by atoms with van der Waals surface area (Å²) in [6.07, 6.45) is -2.30. The maximum absolute atomic E-state index is 12.3. The zero-order valence-corrected chi connectivity index (χ0v) is 8.45. The Hall–Kier alpha value is -1.66. The number of primary amides is 1. The maximum Gasteiger partial charge on any atom is 0.391 e. The molecule has 1 aromatic heterocycles. The highest BCUT2D eigenvalue weighted by molar-refractivity contribution is 5.91. The van der Waals surface area contributed by atoms with Crippen LogP contribution >= 0.6 is 0 Å². The van der Waals surface area contributed by atoms with E-state index >= 15 is 0 Å². The minimum atomic E-state index is -4.33. The Labute approximate surface area is 89.7 Å². The molecule has 0 aromatic carbocycles. The van der Waals surface area contributed by atoms with Gasteiger partial charge in [-0.2, -0.15) is 13.2 Å². The first-order valence-corrected chi connectivity index (χ1v) is 4.48. The molecule has 2 N–H and O–H groups in total. The summed E-state index contributed by atoms with van der Waals surface area (Å²) in [6.45, 7) is 1.01. The molecule has 0 aliphatic rings. The minimum Gasteiger partial charge on any atom is -0.364 e. The summed E-state index contributed by atoms with van der Waals surface area (Å²) in [5.74, 6) is -2.47. The van der Waals surface area contributed by atoms with Crippen molar-refractivity contribution in [3.63, 3.8) is 0 Å². The Morgan fingerprint density at radius 1 is 1.44 bits per heavy atom. The van der Waals surface area contributed by atoms with Gasteiger partial charge in [0.1, 0.15) is 5.69 Å². The summed E-state index contributed by atoms with van der Waals surface area (Å²) >= 11 is 0. The first kappa shape index (κ1) is 12.4. The first-order valence-electron chi connectivity index (χ1n) is 4.48. The molecule has 0 aliphatic heterocycles. The smallest absolute Gasteiger partial charge is 0.364 e. The van der Waals surface area contributed by atoms with Crippen molar-refractivity contribution in [3.8, 4) is 0 Å². The topological polar surface area (TPSA) is 68.9 Å². The Bertz CT molecular complexity index is 392. The minimum absolute atomic E-state index is 0.0279. The Balaban J connectivity index is 2.93. The van der Waals surface area contributed by atoms with E-state index in [0.29, 0.717) is 0 Å². The number of hydrogen-bond acceptors (Lipinski definition) is 3. The highest BCUT2D eigenvalue weighted by Crippen LogP contribution is 2.28. The molecule has 0 radical (unpaired) electrons. The van der Waals surface area contributed by atoms with E-state index in [1.807, 2.05) is 0 Å². The van der Waals surface area contributed by atoms with E-state index in [2.05, 4.69) is 9.97 Å². The van der Waals surface area contributed by atoms with Gasteiger partial charge in [0.2, 0.25) is 0 Å². The van der Waals surface area contributed by atoms with Crippen LogP contribution in [0.15, 0.2) is 12.4 Å². The third-order valence-electron chi connectivity index (χ3n) is 2.07. The van der Waals surface area contributed by atoms with Crippen LogP contribution < -0.4 is 5.73 Å². The lowest BCUT2D eigenvalue weighted by Crippen LogP contribution is -2.25. The Morgan fingerprint density at radius 2 is 2.00 bits per heavy atom. The van der Waals surface area contributed by atoms with Crippen LogP contribution in [0, 0.1) is 5.92 Å². The van der Waals surface area contributed by atoms with Crippen molar-refractivity contribution in [2.75, 3.05) is 0 Å². The van der Waals surface area contributed by atoms with Crippen molar-refractivity contribution in [2.24, 2.45) is 11.7 Å². The molecule has 1 unspecified atom stereocenters. The average molecular weight is 233 g/mol. The second-order valence-electron chi connectivity index (χ2n) is 3.36. The highest BCUT2D eigenvalue weighted by atomic mass is 19.4. The van der Waals surface area contributed by atoms with Crippen LogP contribution in [-0.4, -0.2) is 22.1 Å². The number of rotatable bonds is 3. The lowest BCUT2D eigenvalue weighted by molar-refractivity contribution is -0.169. The average Bonchev–Trinajstić information content (AvgIpc) is 2.16. The van der Waals surface area contributed by atoms with Gasteiger partial charge in [0.05, 0.1) is 11.6 Å². The molecular weight excluding hydrogens is 223 g/mol. The number of nitrogens with zero attached hydrogens (tertiary/aromatic N) is 2. The fourth-order valence-corrected chi connectivity index (χ4v) is 1.13. The molecule has 1 aromatic rings. The summed E-state index contributed by atoms with van der Waals surface area (Å²) in [5, 5.41) is 0. The number of alkyl halides is 3. The van der Waals surface area contributed by atoms with Crippen molar-refractivity contribution in [1.29, 1.82) is 0 Å². The second-order valence-corrected chi connectivity index (χ2v) is 3.36. The van der Waals surface area contributed by atoms with Gasteiger partial charge in [-0.15, -0.1) is 0 Å². The van der Waals surface area contributed by atoms with Crippen LogP contribution in [0.5, 0.6) is 0 Å². The lowest BCUT2D eigenvalue weighted by Gasteiger charge is -2.15. The summed E-state index contributed by atoms with van der Waals surface area (Å²) in [7, 11) is 0. The van der Waals surface area contributed by atoms with Crippen LogP contribution in [0.2, 0.25) is 0 Å². The van der Waals surface area contributed by atoms with Crippen LogP contribution in [0.3, 0.4) is 0 Å². The van der Waals surface area contributed by atoms with E-state index in [0.717, 1.165) is 6.92 Å². The van der Waals surface area contributed by atoms with E-state index in [4.69, 9.17) is 5.73 Å². The van der Waals surface area contributed by atoms with Crippen LogP contribution in [0.4, 0.5) is 13.2 Å². The Kier molecular flexibility index (Phi) is 3.46. The molecule has 0 fully saturated rings. The molecule has 1 heterocycles. The number of carbonyl (C=O) groups excluding carboxylic acids is 1. The molecule has 0 saturated carbocycles. The summed E-state index contributed by atoms with van der Waals surface area (Å²) in [6, 6.07) is 0. The lowest BCUT2D eigenvalue weighted by atomic mass is 10.0. The molecule has 7 heteroatoms.